The van der Waals surface area contributed by atoms with Crippen LogP contribution in [0.2, 0.25) is 0 Å². The predicted molar refractivity (Wildman–Crippen MR) is 45.5 cm³/mol. The summed E-state index contributed by atoms with van der Waals surface area (Å²) in [7, 11) is -3.46. The van der Waals surface area contributed by atoms with Crippen LogP contribution in [0.1, 0.15) is 0 Å². The summed E-state index contributed by atoms with van der Waals surface area (Å²) in [5.74, 6) is 0. The second-order valence-corrected chi connectivity index (χ2v) is 4.35. The maximum atomic E-state index is 10.7. The van der Waals surface area contributed by atoms with Gasteiger partial charge >= 0.3 is 0 Å². The molecule has 12 heavy (non-hydrogen) atoms. The van der Waals surface area contributed by atoms with Gasteiger partial charge in [-0.1, -0.05) is 0 Å². The van der Waals surface area contributed by atoms with E-state index in [0.717, 1.165) is 0 Å². The van der Waals surface area contributed by atoms with E-state index in [2.05, 4.69) is 5.32 Å². The monoisotopic (exact) mass is 194 g/mol. The molecule has 6 nitrogen and oxygen atoms in total. The van der Waals surface area contributed by atoms with Crippen molar-refractivity contribution in [2.75, 3.05) is 26.2 Å². The molecular weight excluding hydrogens is 180 g/mol. The Labute approximate surface area is 72.1 Å². The van der Waals surface area contributed by atoms with Gasteiger partial charge in [0.2, 0.25) is 0 Å². The first-order valence-electron chi connectivity index (χ1n) is 3.75. The molecule has 0 aromatic heterocycles. The maximum Gasteiger partial charge on any atom is 0.277 e. The first-order chi connectivity index (χ1) is 5.54. The average Bonchev–Trinajstić information content (AvgIpc) is 1.81. The van der Waals surface area contributed by atoms with Gasteiger partial charge in [-0.2, -0.15) is 12.7 Å². The number of nitrogens with zero attached hydrogens (tertiary/aromatic N) is 1. The van der Waals surface area contributed by atoms with Crippen LogP contribution in [-0.4, -0.2) is 44.9 Å². The molecular formula is C5H14N4O2S. The van der Waals surface area contributed by atoms with Gasteiger partial charge in [0, 0.05) is 32.2 Å². The minimum Gasteiger partial charge on any atom is -0.329 e. The molecule has 0 atom stereocenters. The lowest BCUT2D eigenvalue weighted by molar-refractivity contribution is 0.229. The zero-order chi connectivity index (χ0) is 9.19. The van der Waals surface area contributed by atoms with Crippen LogP contribution in [0, 0.1) is 0 Å². The van der Waals surface area contributed by atoms with Gasteiger partial charge in [-0.05, 0) is 0 Å². The lowest BCUT2D eigenvalue weighted by Gasteiger charge is -2.37. The highest BCUT2D eigenvalue weighted by Gasteiger charge is 2.32. The molecule has 0 spiro atoms. The van der Waals surface area contributed by atoms with E-state index < -0.39 is 10.2 Å². The Bertz CT molecular complexity index is 234. The predicted octanol–water partition coefficient (Wildman–Crippen LogP) is -2.58. The molecule has 0 aromatic rings. The van der Waals surface area contributed by atoms with Crippen molar-refractivity contribution in [3.63, 3.8) is 0 Å². The summed E-state index contributed by atoms with van der Waals surface area (Å²) in [4.78, 5) is 0. The van der Waals surface area contributed by atoms with E-state index in [4.69, 9.17) is 10.9 Å². The maximum absolute atomic E-state index is 10.7. The van der Waals surface area contributed by atoms with Gasteiger partial charge in [0.1, 0.15) is 0 Å². The van der Waals surface area contributed by atoms with Gasteiger partial charge in [-0.3, -0.25) is 0 Å². The summed E-state index contributed by atoms with van der Waals surface area (Å²) in [6.45, 7) is 2.19. The molecule has 1 aliphatic rings. The lowest BCUT2D eigenvalue weighted by atomic mass is 10.2. The Morgan fingerprint density at radius 1 is 1.50 bits per heavy atom. The Hall–Kier alpha value is -0.210. The van der Waals surface area contributed by atoms with Crippen molar-refractivity contribution in [2.45, 2.75) is 6.04 Å². The minimum absolute atomic E-state index is 0.215. The summed E-state index contributed by atoms with van der Waals surface area (Å²) in [5, 5.41) is 7.96. The summed E-state index contributed by atoms with van der Waals surface area (Å²) >= 11 is 0. The quantitative estimate of drug-likeness (QED) is 0.457. The van der Waals surface area contributed by atoms with Crippen molar-refractivity contribution in [2.24, 2.45) is 10.9 Å². The van der Waals surface area contributed by atoms with Crippen LogP contribution in [0.25, 0.3) is 0 Å². The molecule has 0 radical (unpaired) electrons. The van der Waals surface area contributed by atoms with Gasteiger partial charge in [0.25, 0.3) is 10.2 Å². The fourth-order valence-electron chi connectivity index (χ4n) is 1.06. The smallest absolute Gasteiger partial charge is 0.277 e. The van der Waals surface area contributed by atoms with E-state index in [1.165, 1.54) is 4.31 Å². The highest BCUT2D eigenvalue weighted by Crippen LogP contribution is 2.09. The van der Waals surface area contributed by atoms with E-state index in [1.54, 1.807) is 0 Å². The molecule has 5 N–H and O–H groups in total. The normalized spacial score (nSPS) is 20.8. The van der Waals surface area contributed by atoms with Crippen LogP contribution >= 0.6 is 0 Å². The molecule has 1 heterocycles. The third-order valence-corrected chi connectivity index (χ3v) is 2.80. The fourth-order valence-corrected chi connectivity index (χ4v) is 1.84. The number of nitrogens with two attached hydrogens (primary N) is 2. The molecule has 1 rings (SSSR count). The van der Waals surface area contributed by atoms with Crippen molar-refractivity contribution < 1.29 is 8.42 Å². The first kappa shape index (κ1) is 9.87. The van der Waals surface area contributed by atoms with Crippen LogP contribution in [-0.2, 0) is 10.2 Å². The highest BCUT2D eigenvalue weighted by atomic mass is 32.2. The molecule has 0 amide bonds. The van der Waals surface area contributed by atoms with Crippen LogP contribution in [0.15, 0.2) is 0 Å². The molecule has 72 valence electrons. The highest BCUT2D eigenvalue weighted by molar-refractivity contribution is 7.86. The second kappa shape index (κ2) is 3.67. The van der Waals surface area contributed by atoms with Crippen LogP contribution in [0.3, 0.4) is 0 Å². The zero-order valence-electron chi connectivity index (χ0n) is 6.73. The summed E-state index contributed by atoms with van der Waals surface area (Å²) < 4.78 is 22.6. The Balaban J connectivity index is 2.20. The Kier molecular flexibility index (Phi) is 3.02. The van der Waals surface area contributed by atoms with Crippen molar-refractivity contribution >= 4 is 10.2 Å². The Morgan fingerprint density at radius 3 is 2.50 bits per heavy atom. The average molecular weight is 194 g/mol. The Morgan fingerprint density at radius 2 is 2.08 bits per heavy atom. The standard InChI is InChI=1S/C5H14N4O2S/c6-1-2-8-5-3-9(4-5)12(7,10)11/h5,8H,1-4,6H2,(H2,7,10,11). The number of rotatable bonds is 4. The fraction of sp³-hybridized carbons (Fsp3) is 1.00. The van der Waals surface area contributed by atoms with E-state index in [-0.39, 0.29) is 6.04 Å². The van der Waals surface area contributed by atoms with E-state index in [0.29, 0.717) is 26.2 Å². The minimum atomic E-state index is -3.46. The molecule has 0 aromatic carbocycles. The van der Waals surface area contributed by atoms with E-state index >= 15 is 0 Å². The van der Waals surface area contributed by atoms with Crippen LogP contribution in [0.5, 0.6) is 0 Å². The number of hydrogen-bond donors (Lipinski definition) is 3. The molecule has 0 aliphatic carbocycles. The summed E-state index contributed by atoms with van der Waals surface area (Å²) in [6.07, 6.45) is 0. The van der Waals surface area contributed by atoms with Gasteiger partial charge < -0.3 is 11.1 Å². The lowest BCUT2D eigenvalue weighted by Crippen LogP contribution is -2.61. The summed E-state index contributed by atoms with van der Waals surface area (Å²) in [6, 6.07) is 0.215. The van der Waals surface area contributed by atoms with E-state index in [9.17, 15) is 8.42 Å². The molecule has 1 fully saturated rings. The van der Waals surface area contributed by atoms with Crippen LogP contribution in [0.4, 0.5) is 0 Å². The summed E-state index contributed by atoms with van der Waals surface area (Å²) in [5.41, 5.74) is 5.26. The third kappa shape index (κ3) is 2.39. The van der Waals surface area contributed by atoms with Gasteiger partial charge in [-0.15, -0.1) is 0 Å². The molecule has 1 saturated heterocycles. The van der Waals surface area contributed by atoms with Crippen molar-refractivity contribution in [3.05, 3.63) is 0 Å². The third-order valence-electron chi connectivity index (χ3n) is 1.79. The topological polar surface area (TPSA) is 101 Å². The second-order valence-electron chi connectivity index (χ2n) is 2.80. The van der Waals surface area contributed by atoms with Gasteiger partial charge in [0.05, 0.1) is 0 Å². The number of hydrogen-bond acceptors (Lipinski definition) is 4. The first-order valence-corrected chi connectivity index (χ1v) is 5.25. The largest absolute Gasteiger partial charge is 0.329 e. The SMILES string of the molecule is NCCNC1CN(S(N)(=O)=O)C1. The van der Waals surface area contributed by atoms with Crippen molar-refractivity contribution in [3.8, 4) is 0 Å². The molecule has 1 aliphatic heterocycles. The van der Waals surface area contributed by atoms with E-state index in [1.807, 2.05) is 0 Å². The molecule has 0 saturated carbocycles. The van der Waals surface area contributed by atoms with Crippen molar-refractivity contribution in [1.29, 1.82) is 0 Å². The molecule has 7 heteroatoms. The zero-order valence-corrected chi connectivity index (χ0v) is 7.55. The number of nitrogens with one attached hydrogen (secondary N) is 1. The molecule has 0 bridgehead atoms. The molecule has 0 unspecified atom stereocenters. The van der Waals surface area contributed by atoms with Gasteiger partial charge in [0.15, 0.2) is 0 Å². The van der Waals surface area contributed by atoms with Crippen molar-refractivity contribution in [1.82, 2.24) is 9.62 Å². The van der Waals surface area contributed by atoms with Gasteiger partial charge in [-0.25, -0.2) is 5.14 Å². The van der Waals surface area contributed by atoms with Crippen LogP contribution < -0.4 is 16.2 Å².